The molecule has 114 valence electrons. The third-order valence-corrected chi connectivity index (χ3v) is 5.51. The summed E-state index contributed by atoms with van der Waals surface area (Å²) in [5.74, 6) is 0. The molecule has 7 nitrogen and oxygen atoms in total. The first kappa shape index (κ1) is 16.4. The van der Waals surface area contributed by atoms with Crippen molar-refractivity contribution in [2.24, 2.45) is 0 Å². The SMILES string of the molecule is O=S(=O)(Cl)c1cc(Cl)c(NS(=O)(=O)c2ccn[nH]2)c(Cl)c1. The van der Waals surface area contributed by atoms with Crippen LogP contribution < -0.4 is 4.72 Å². The van der Waals surface area contributed by atoms with Gasteiger partial charge in [-0.05, 0) is 18.2 Å². The molecule has 0 unspecified atom stereocenters. The molecule has 0 aliphatic heterocycles. The number of nitrogens with zero attached hydrogens (tertiary/aromatic N) is 1. The molecular weight excluding hydrogens is 385 g/mol. The first-order valence-corrected chi connectivity index (χ1v) is 9.62. The summed E-state index contributed by atoms with van der Waals surface area (Å²) in [4.78, 5) is -0.344. The highest BCUT2D eigenvalue weighted by molar-refractivity contribution is 8.13. The predicted octanol–water partition coefficient (Wildman–Crippen LogP) is 2.44. The molecule has 0 fully saturated rings. The number of sulfonamides is 1. The lowest BCUT2D eigenvalue weighted by Crippen LogP contribution is -2.14. The third-order valence-electron chi connectivity index (χ3n) is 2.30. The summed E-state index contributed by atoms with van der Waals surface area (Å²) in [5.41, 5.74) is -0.169. The Morgan fingerprint density at radius 3 is 2.10 bits per heavy atom. The Kier molecular flexibility index (Phi) is 4.41. The third kappa shape index (κ3) is 3.61. The van der Waals surface area contributed by atoms with Crippen LogP contribution in [0.3, 0.4) is 0 Å². The van der Waals surface area contributed by atoms with Gasteiger partial charge in [0.2, 0.25) is 0 Å². The van der Waals surface area contributed by atoms with Gasteiger partial charge in [-0.1, -0.05) is 23.2 Å². The van der Waals surface area contributed by atoms with Gasteiger partial charge in [-0.15, -0.1) is 0 Å². The molecule has 2 N–H and O–H groups in total. The summed E-state index contributed by atoms with van der Waals surface area (Å²) in [7, 11) is -2.85. The molecule has 0 spiro atoms. The fourth-order valence-electron chi connectivity index (χ4n) is 1.37. The van der Waals surface area contributed by atoms with Crippen molar-refractivity contribution < 1.29 is 16.8 Å². The number of aromatic amines is 1. The number of nitrogens with one attached hydrogen (secondary N) is 2. The van der Waals surface area contributed by atoms with E-state index in [1.165, 1.54) is 12.3 Å². The van der Waals surface area contributed by atoms with Gasteiger partial charge < -0.3 is 0 Å². The summed E-state index contributed by atoms with van der Waals surface area (Å²) in [5, 5.41) is 5.14. The van der Waals surface area contributed by atoms with Crippen molar-refractivity contribution in [3.8, 4) is 0 Å². The Morgan fingerprint density at radius 2 is 1.67 bits per heavy atom. The fraction of sp³-hybridized carbons (Fsp3) is 0. The first-order valence-electron chi connectivity index (χ1n) is 5.07. The highest BCUT2D eigenvalue weighted by atomic mass is 35.7. The van der Waals surface area contributed by atoms with Gasteiger partial charge in [-0.2, -0.15) is 13.5 Å². The molecule has 0 radical (unpaired) electrons. The van der Waals surface area contributed by atoms with E-state index in [9.17, 15) is 16.8 Å². The standard InChI is InChI=1S/C9H6Cl3N3O4S2/c10-6-3-5(20(12,16)17)4-7(11)9(6)15-21(18,19)8-1-2-13-14-8/h1-4,15H,(H,13,14). The number of rotatable bonds is 4. The van der Waals surface area contributed by atoms with Crippen LogP contribution in [0.1, 0.15) is 0 Å². The maximum Gasteiger partial charge on any atom is 0.278 e. The minimum atomic E-state index is -4.04. The second-order valence-corrected chi connectivity index (χ2v) is 8.76. The number of hydrogen-bond donors (Lipinski definition) is 2. The average molecular weight is 391 g/mol. The van der Waals surface area contributed by atoms with Gasteiger partial charge in [0.25, 0.3) is 19.1 Å². The summed E-state index contributed by atoms with van der Waals surface area (Å²) in [6.45, 7) is 0. The van der Waals surface area contributed by atoms with E-state index in [0.717, 1.165) is 12.1 Å². The van der Waals surface area contributed by atoms with Crippen molar-refractivity contribution in [1.82, 2.24) is 10.2 Å². The molecule has 1 aromatic carbocycles. The van der Waals surface area contributed by atoms with Gasteiger partial charge in [-0.3, -0.25) is 9.82 Å². The van der Waals surface area contributed by atoms with Crippen LogP contribution in [-0.2, 0) is 19.1 Å². The van der Waals surface area contributed by atoms with Crippen molar-refractivity contribution in [3.05, 3.63) is 34.4 Å². The maximum atomic E-state index is 12.0. The quantitative estimate of drug-likeness (QED) is 0.779. The lowest BCUT2D eigenvalue weighted by Gasteiger charge is -2.11. The summed E-state index contributed by atoms with van der Waals surface area (Å²) in [6.07, 6.45) is 1.25. The van der Waals surface area contributed by atoms with Gasteiger partial charge in [0.1, 0.15) is 0 Å². The van der Waals surface area contributed by atoms with Crippen LogP contribution in [0.25, 0.3) is 0 Å². The van der Waals surface area contributed by atoms with Crippen molar-refractivity contribution in [2.45, 2.75) is 9.92 Å². The first-order chi connectivity index (χ1) is 9.61. The van der Waals surface area contributed by atoms with E-state index in [0.29, 0.717) is 0 Å². The minimum absolute atomic E-state index is 0.169. The molecule has 1 heterocycles. The number of aromatic nitrogens is 2. The van der Waals surface area contributed by atoms with Crippen molar-refractivity contribution in [2.75, 3.05) is 4.72 Å². The second-order valence-electron chi connectivity index (χ2n) is 3.73. The van der Waals surface area contributed by atoms with Crippen LogP contribution in [0.5, 0.6) is 0 Å². The van der Waals surface area contributed by atoms with Gasteiger partial charge in [0, 0.05) is 10.7 Å². The molecule has 0 aliphatic carbocycles. The molecule has 0 saturated carbocycles. The van der Waals surface area contributed by atoms with E-state index in [4.69, 9.17) is 33.9 Å². The van der Waals surface area contributed by atoms with Crippen molar-refractivity contribution in [3.63, 3.8) is 0 Å². The second kappa shape index (κ2) is 5.65. The van der Waals surface area contributed by atoms with Crippen LogP contribution in [0.15, 0.2) is 34.3 Å². The van der Waals surface area contributed by atoms with E-state index in [2.05, 4.69) is 14.9 Å². The molecule has 2 aromatic rings. The number of anilines is 1. The smallest absolute Gasteiger partial charge is 0.275 e. The fourth-order valence-corrected chi connectivity index (χ4v) is 3.99. The van der Waals surface area contributed by atoms with Gasteiger partial charge >= 0.3 is 0 Å². The molecule has 0 bridgehead atoms. The molecule has 2 rings (SSSR count). The molecule has 0 amide bonds. The Labute approximate surface area is 134 Å². The zero-order chi connectivity index (χ0) is 15.8. The van der Waals surface area contributed by atoms with Gasteiger partial charge in [-0.25, -0.2) is 8.42 Å². The van der Waals surface area contributed by atoms with E-state index in [1.807, 2.05) is 0 Å². The van der Waals surface area contributed by atoms with E-state index < -0.39 is 19.1 Å². The van der Waals surface area contributed by atoms with Crippen LogP contribution in [-0.4, -0.2) is 27.0 Å². The van der Waals surface area contributed by atoms with Crippen molar-refractivity contribution >= 4 is 58.6 Å². The molecule has 0 saturated heterocycles. The molecule has 0 aliphatic rings. The summed E-state index contributed by atoms with van der Waals surface area (Å²) >= 11 is 11.7. The largest absolute Gasteiger partial charge is 0.278 e. The number of benzene rings is 1. The lowest BCUT2D eigenvalue weighted by atomic mass is 10.3. The molecule has 12 heteroatoms. The Hall–Kier alpha value is -1.00. The zero-order valence-corrected chi connectivity index (χ0v) is 13.7. The van der Waals surface area contributed by atoms with E-state index in [1.54, 1.807) is 0 Å². The number of hydrogen-bond acceptors (Lipinski definition) is 5. The van der Waals surface area contributed by atoms with Crippen LogP contribution in [0, 0.1) is 0 Å². The van der Waals surface area contributed by atoms with E-state index >= 15 is 0 Å². The Bertz CT molecular complexity index is 856. The Balaban J connectivity index is 2.48. The Morgan fingerprint density at radius 1 is 1.10 bits per heavy atom. The number of H-pyrrole nitrogens is 1. The normalized spacial score (nSPS) is 12.3. The van der Waals surface area contributed by atoms with Crippen LogP contribution in [0.4, 0.5) is 5.69 Å². The minimum Gasteiger partial charge on any atom is -0.275 e. The molecular formula is C9H6Cl3N3O4S2. The number of halogens is 3. The highest BCUT2D eigenvalue weighted by Gasteiger charge is 2.21. The highest BCUT2D eigenvalue weighted by Crippen LogP contribution is 2.35. The molecule has 0 atom stereocenters. The van der Waals surface area contributed by atoms with Gasteiger partial charge in [0.15, 0.2) is 5.03 Å². The van der Waals surface area contributed by atoms with E-state index in [-0.39, 0.29) is 25.7 Å². The monoisotopic (exact) mass is 389 g/mol. The molecule has 1 aromatic heterocycles. The zero-order valence-electron chi connectivity index (χ0n) is 9.84. The maximum absolute atomic E-state index is 12.0. The van der Waals surface area contributed by atoms with Crippen molar-refractivity contribution in [1.29, 1.82) is 0 Å². The lowest BCUT2D eigenvalue weighted by molar-refractivity contribution is 0.597. The average Bonchev–Trinajstić information content (AvgIpc) is 2.86. The summed E-state index contributed by atoms with van der Waals surface area (Å²) < 4.78 is 48.6. The topological polar surface area (TPSA) is 109 Å². The van der Waals surface area contributed by atoms with Crippen LogP contribution in [0.2, 0.25) is 10.0 Å². The van der Waals surface area contributed by atoms with Crippen LogP contribution >= 0.6 is 33.9 Å². The summed E-state index contributed by atoms with van der Waals surface area (Å²) in [6, 6.07) is 3.20. The van der Waals surface area contributed by atoms with Gasteiger partial charge in [0.05, 0.1) is 26.8 Å². The molecule has 21 heavy (non-hydrogen) atoms. The predicted molar refractivity (Wildman–Crippen MR) is 78.9 cm³/mol.